The van der Waals surface area contributed by atoms with Gasteiger partial charge in [0.2, 0.25) is 0 Å². The van der Waals surface area contributed by atoms with E-state index >= 15 is 0 Å². The fraction of sp³-hybridized carbons (Fsp3) is 0. The van der Waals surface area contributed by atoms with Crippen molar-refractivity contribution in [1.82, 2.24) is 9.97 Å². The molecule has 4 nitrogen and oxygen atoms in total. The first kappa shape index (κ1) is 8.83. The number of rotatable bonds is 1. The van der Waals surface area contributed by atoms with Gasteiger partial charge in [0.15, 0.2) is 0 Å². The van der Waals surface area contributed by atoms with Crippen molar-refractivity contribution in [3.63, 3.8) is 0 Å². The van der Waals surface area contributed by atoms with E-state index in [0.29, 0.717) is 11.4 Å². The first-order valence-electron chi connectivity index (χ1n) is 3.98. The van der Waals surface area contributed by atoms with Gasteiger partial charge in [-0.2, -0.15) is 0 Å². The van der Waals surface area contributed by atoms with Crippen LogP contribution in [0, 0.1) is 0 Å². The molecule has 0 saturated heterocycles. The Morgan fingerprint density at radius 3 is 2.93 bits per heavy atom. The lowest BCUT2D eigenvalue weighted by Gasteiger charge is -2.04. The summed E-state index contributed by atoms with van der Waals surface area (Å²) in [5.74, 6) is 0.358. The molecular weight excluding hydrogens is 196 g/mol. The van der Waals surface area contributed by atoms with Crippen LogP contribution in [0.3, 0.4) is 0 Å². The number of aromatic nitrogens is 2. The van der Waals surface area contributed by atoms with Gasteiger partial charge in [0.25, 0.3) is 0 Å². The van der Waals surface area contributed by atoms with Crippen molar-refractivity contribution < 1.29 is 0 Å². The maximum Gasteiger partial charge on any atom is 0.134 e. The molecule has 0 aromatic carbocycles. The quantitative estimate of drug-likeness (QED) is 0.673. The Bertz CT molecular complexity index is 509. The van der Waals surface area contributed by atoms with Gasteiger partial charge in [-0.1, -0.05) is 12.2 Å². The fourth-order valence-electron chi connectivity index (χ4n) is 1.23. The molecule has 0 aliphatic rings. The Morgan fingerprint density at radius 2 is 2.21 bits per heavy atom. The van der Waals surface area contributed by atoms with E-state index in [1.165, 1.54) is 0 Å². The Labute approximate surface area is 86.0 Å². The molecule has 2 rings (SSSR count). The maximum absolute atomic E-state index is 5.69. The van der Waals surface area contributed by atoms with Crippen LogP contribution in [-0.4, -0.2) is 15.0 Å². The predicted octanol–water partition coefficient (Wildman–Crippen LogP) is 0.846. The van der Waals surface area contributed by atoms with Crippen LogP contribution in [-0.2, 0) is 0 Å². The van der Waals surface area contributed by atoms with Crippen LogP contribution in [0.4, 0.5) is 5.82 Å². The number of fused-ring (bicyclic) bond motifs is 1. The molecule has 0 radical (unpaired) electrons. The number of hydrogen-bond donors (Lipinski definition) is 2. The van der Waals surface area contributed by atoms with Crippen LogP contribution in [0.2, 0.25) is 0 Å². The molecule has 2 heterocycles. The van der Waals surface area contributed by atoms with E-state index < -0.39 is 0 Å². The van der Waals surface area contributed by atoms with Crippen LogP contribution in [0.15, 0.2) is 24.5 Å². The molecule has 0 unspecified atom stereocenters. The first-order valence-corrected chi connectivity index (χ1v) is 4.39. The molecule has 5 heteroatoms. The number of nitrogens with two attached hydrogens (primary N) is 2. The maximum atomic E-state index is 5.69. The minimum Gasteiger partial charge on any atom is -0.389 e. The summed E-state index contributed by atoms with van der Waals surface area (Å²) < 4.78 is 0. The average molecular weight is 204 g/mol. The van der Waals surface area contributed by atoms with Gasteiger partial charge in [0.05, 0.1) is 11.1 Å². The molecule has 0 atom stereocenters. The van der Waals surface area contributed by atoms with Crippen molar-refractivity contribution in [2.45, 2.75) is 0 Å². The third-order valence-corrected chi connectivity index (χ3v) is 2.13. The van der Waals surface area contributed by atoms with Crippen molar-refractivity contribution in [1.29, 1.82) is 0 Å². The topological polar surface area (TPSA) is 77.8 Å². The Hall–Kier alpha value is -1.75. The summed E-state index contributed by atoms with van der Waals surface area (Å²) in [6, 6.07) is 3.59. The molecule has 0 aliphatic heterocycles. The standard InChI is InChI=1S/C9H8N4S/c10-8-6(9(11)14)3-5-4-12-2-1-7(5)13-8/h1-4H,(H2,10,13)(H2,11,14). The zero-order chi connectivity index (χ0) is 10.1. The van der Waals surface area contributed by atoms with E-state index in [1.54, 1.807) is 24.5 Å². The van der Waals surface area contributed by atoms with Gasteiger partial charge in [0.1, 0.15) is 10.8 Å². The molecular formula is C9H8N4S. The van der Waals surface area contributed by atoms with Crippen LogP contribution in [0.25, 0.3) is 10.9 Å². The van der Waals surface area contributed by atoms with E-state index in [4.69, 9.17) is 23.7 Å². The van der Waals surface area contributed by atoms with Gasteiger partial charge < -0.3 is 11.5 Å². The number of anilines is 1. The molecule has 0 aliphatic carbocycles. The SMILES string of the molecule is NC(=S)c1cc2cnccc2nc1N. The lowest BCUT2D eigenvalue weighted by atomic mass is 10.2. The van der Waals surface area contributed by atoms with Crippen molar-refractivity contribution in [2.75, 3.05) is 5.73 Å². The van der Waals surface area contributed by atoms with Gasteiger partial charge in [-0.25, -0.2) is 4.98 Å². The molecule has 14 heavy (non-hydrogen) atoms. The molecule has 0 fully saturated rings. The molecule has 70 valence electrons. The van der Waals surface area contributed by atoms with Crippen LogP contribution >= 0.6 is 12.2 Å². The predicted molar refractivity (Wildman–Crippen MR) is 59.8 cm³/mol. The molecule has 4 N–H and O–H groups in total. The minimum absolute atomic E-state index is 0.251. The summed E-state index contributed by atoms with van der Waals surface area (Å²) in [7, 11) is 0. The number of thiocarbonyl (C=S) groups is 1. The second kappa shape index (κ2) is 3.19. The smallest absolute Gasteiger partial charge is 0.134 e. The Balaban J connectivity index is 2.77. The van der Waals surface area contributed by atoms with E-state index in [1.807, 2.05) is 0 Å². The largest absolute Gasteiger partial charge is 0.389 e. The summed E-state index contributed by atoms with van der Waals surface area (Å²) in [6.07, 6.45) is 3.36. The third-order valence-electron chi connectivity index (χ3n) is 1.91. The summed E-state index contributed by atoms with van der Waals surface area (Å²) >= 11 is 4.85. The van der Waals surface area contributed by atoms with Crippen molar-refractivity contribution in [3.8, 4) is 0 Å². The molecule has 0 bridgehead atoms. The van der Waals surface area contributed by atoms with Gasteiger partial charge >= 0.3 is 0 Å². The van der Waals surface area contributed by atoms with E-state index in [2.05, 4.69) is 9.97 Å². The van der Waals surface area contributed by atoms with E-state index in [-0.39, 0.29) is 4.99 Å². The Morgan fingerprint density at radius 1 is 1.43 bits per heavy atom. The van der Waals surface area contributed by atoms with Gasteiger partial charge in [-0.05, 0) is 12.1 Å². The number of nitrogen functional groups attached to an aromatic ring is 1. The zero-order valence-corrected chi connectivity index (χ0v) is 8.08. The van der Waals surface area contributed by atoms with Gasteiger partial charge in [-0.15, -0.1) is 0 Å². The normalized spacial score (nSPS) is 10.3. The summed E-state index contributed by atoms with van der Waals surface area (Å²) in [6.45, 7) is 0. The van der Waals surface area contributed by atoms with E-state index in [0.717, 1.165) is 10.9 Å². The van der Waals surface area contributed by atoms with Crippen molar-refractivity contribution in [3.05, 3.63) is 30.1 Å². The molecule has 0 spiro atoms. The highest BCUT2D eigenvalue weighted by molar-refractivity contribution is 7.80. The van der Waals surface area contributed by atoms with Crippen molar-refractivity contribution >= 4 is 33.9 Å². The zero-order valence-electron chi connectivity index (χ0n) is 7.27. The van der Waals surface area contributed by atoms with Gasteiger partial charge in [0, 0.05) is 17.8 Å². The molecule has 0 amide bonds. The highest BCUT2D eigenvalue weighted by Gasteiger charge is 2.05. The summed E-state index contributed by atoms with van der Waals surface area (Å²) in [4.78, 5) is 8.40. The first-order chi connectivity index (χ1) is 6.68. The van der Waals surface area contributed by atoms with E-state index in [9.17, 15) is 0 Å². The molecule has 2 aromatic heterocycles. The monoisotopic (exact) mass is 204 g/mol. The third kappa shape index (κ3) is 1.38. The van der Waals surface area contributed by atoms with Gasteiger partial charge in [-0.3, -0.25) is 4.98 Å². The van der Waals surface area contributed by atoms with Crippen LogP contribution in [0.1, 0.15) is 5.56 Å². The minimum atomic E-state index is 0.251. The number of hydrogen-bond acceptors (Lipinski definition) is 4. The lowest BCUT2D eigenvalue weighted by Crippen LogP contribution is -2.13. The summed E-state index contributed by atoms with van der Waals surface area (Å²) in [5, 5.41) is 0.879. The highest BCUT2D eigenvalue weighted by Crippen LogP contribution is 2.16. The summed E-state index contributed by atoms with van der Waals surface area (Å²) in [5.41, 5.74) is 12.6. The Kier molecular flexibility index (Phi) is 2.01. The fourth-order valence-corrected chi connectivity index (χ4v) is 1.39. The second-order valence-corrected chi connectivity index (χ2v) is 3.29. The lowest BCUT2D eigenvalue weighted by molar-refractivity contribution is 1.32. The highest BCUT2D eigenvalue weighted by atomic mass is 32.1. The molecule has 0 saturated carbocycles. The number of nitrogens with zero attached hydrogens (tertiary/aromatic N) is 2. The number of pyridine rings is 2. The molecule has 2 aromatic rings. The van der Waals surface area contributed by atoms with Crippen LogP contribution < -0.4 is 11.5 Å². The van der Waals surface area contributed by atoms with Crippen LogP contribution in [0.5, 0.6) is 0 Å². The van der Waals surface area contributed by atoms with Crippen molar-refractivity contribution in [2.24, 2.45) is 5.73 Å². The second-order valence-electron chi connectivity index (χ2n) is 2.85. The average Bonchev–Trinajstić information content (AvgIpc) is 2.16.